The Morgan fingerprint density at radius 3 is 2.33 bits per heavy atom. The van der Waals surface area contributed by atoms with E-state index in [-0.39, 0.29) is 18.2 Å². The first kappa shape index (κ1) is 17.5. The average molecular weight is 332 g/mol. The lowest BCUT2D eigenvalue weighted by Gasteiger charge is -2.06. The molecule has 2 aromatic rings. The molecule has 1 aromatic carbocycles. The van der Waals surface area contributed by atoms with Crippen molar-refractivity contribution in [3.05, 3.63) is 36.0 Å². The third-order valence-electron chi connectivity index (χ3n) is 3.17. The number of methoxy groups -OCH3 is 1. The first-order valence-electron chi connectivity index (χ1n) is 7.55. The van der Waals surface area contributed by atoms with Gasteiger partial charge in [-0.3, -0.25) is 10.1 Å². The average Bonchev–Trinajstić information content (AvgIpc) is 3.04. The molecule has 0 saturated carbocycles. The summed E-state index contributed by atoms with van der Waals surface area (Å²) in [6.45, 7) is 3.94. The van der Waals surface area contributed by atoms with Crippen LogP contribution in [0.5, 0.6) is 0 Å². The highest BCUT2D eigenvalue weighted by atomic mass is 16.5. The van der Waals surface area contributed by atoms with Crippen LogP contribution in [0.4, 0.5) is 16.2 Å². The van der Waals surface area contributed by atoms with Gasteiger partial charge in [0.05, 0.1) is 7.11 Å². The molecule has 2 amide bonds. The maximum atomic E-state index is 11.9. The zero-order valence-corrected chi connectivity index (χ0v) is 13.8. The van der Waals surface area contributed by atoms with Gasteiger partial charge in [-0.15, -0.1) is 0 Å². The van der Waals surface area contributed by atoms with Gasteiger partial charge in [0.1, 0.15) is 0 Å². The van der Waals surface area contributed by atoms with Crippen LogP contribution in [0.1, 0.15) is 37.9 Å². The van der Waals surface area contributed by atoms with E-state index in [4.69, 9.17) is 4.52 Å². The normalized spacial score (nSPS) is 10.5. The van der Waals surface area contributed by atoms with Gasteiger partial charge in [-0.2, -0.15) is 4.98 Å². The first-order valence-corrected chi connectivity index (χ1v) is 7.55. The van der Waals surface area contributed by atoms with Crippen molar-refractivity contribution in [1.29, 1.82) is 0 Å². The van der Waals surface area contributed by atoms with Gasteiger partial charge < -0.3 is 14.6 Å². The zero-order valence-electron chi connectivity index (χ0n) is 13.8. The van der Waals surface area contributed by atoms with E-state index in [2.05, 4.69) is 25.5 Å². The second-order valence-electron chi connectivity index (χ2n) is 5.44. The molecule has 0 aliphatic heterocycles. The quantitative estimate of drug-likeness (QED) is 0.842. The molecule has 0 bridgehead atoms. The number of benzene rings is 1. The van der Waals surface area contributed by atoms with Gasteiger partial charge >= 0.3 is 6.09 Å². The van der Waals surface area contributed by atoms with Crippen molar-refractivity contribution in [3.63, 3.8) is 0 Å². The van der Waals surface area contributed by atoms with Gasteiger partial charge in [0.25, 0.3) is 0 Å². The Labute approximate surface area is 139 Å². The summed E-state index contributed by atoms with van der Waals surface area (Å²) in [5.74, 6) is 1.12. The third kappa shape index (κ3) is 5.08. The number of hydrogen-bond donors (Lipinski definition) is 2. The summed E-state index contributed by atoms with van der Waals surface area (Å²) in [7, 11) is 1.29. The number of rotatable bonds is 6. The molecular formula is C16H20N4O4. The SMILES string of the molecule is COC(=O)Nc1ccc(NC(=O)CCc2nc(C(C)C)no2)cc1. The second-order valence-corrected chi connectivity index (χ2v) is 5.44. The minimum absolute atomic E-state index is 0.159. The number of amides is 2. The topological polar surface area (TPSA) is 106 Å². The van der Waals surface area contributed by atoms with E-state index < -0.39 is 6.09 Å². The Bertz CT molecular complexity index is 694. The van der Waals surface area contributed by atoms with Crippen LogP contribution >= 0.6 is 0 Å². The van der Waals surface area contributed by atoms with Gasteiger partial charge in [0, 0.05) is 30.1 Å². The summed E-state index contributed by atoms with van der Waals surface area (Å²) in [6, 6.07) is 6.71. The van der Waals surface area contributed by atoms with Crippen LogP contribution in [0.3, 0.4) is 0 Å². The lowest BCUT2D eigenvalue weighted by molar-refractivity contribution is -0.116. The maximum Gasteiger partial charge on any atom is 0.411 e. The predicted molar refractivity (Wildman–Crippen MR) is 87.8 cm³/mol. The Hall–Kier alpha value is -2.90. The van der Waals surface area contributed by atoms with Crippen LogP contribution in [-0.2, 0) is 16.0 Å². The van der Waals surface area contributed by atoms with E-state index in [1.807, 2.05) is 13.8 Å². The molecule has 8 nitrogen and oxygen atoms in total. The molecule has 0 saturated heterocycles. The van der Waals surface area contributed by atoms with Crippen molar-refractivity contribution < 1.29 is 18.8 Å². The monoisotopic (exact) mass is 332 g/mol. The zero-order chi connectivity index (χ0) is 17.5. The van der Waals surface area contributed by atoms with Gasteiger partial charge in [-0.25, -0.2) is 4.79 Å². The molecule has 8 heteroatoms. The van der Waals surface area contributed by atoms with E-state index in [1.54, 1.807) is 24.3 Å². The van der Waals surface area contributed by atoms with E-state index in [0.29, 0.717) is 29.5 Å². The molecule has 0 atom stereocenters. The van der Waals surface area contributed by atoms with Gasteiger partial charge in [-0.1, -0.05) is 19.0 Å². The van der Waals surface area contributed by atoms with E-state index >= 15 is 0 Å². The number of nitrogens with zero attached hydrogens (tertiary/aromatic N) is 2. The molecule has 0 aliphatic rings. The Balaban J connectivity index is 1.82. The van der Waals surface area contributed by atoms with Crippen molar-refractivity contribution in [2.45, 2.75) is 32.6 Å². The largest absolute Gasteiger partial charge is 0.453 e. The minimum atomic E-state index is -0.549. The van der Waals surface area contributed by atoms with Crippen LogP contribution in [-0.4, -0.2) is 29.3 Å². The van der Waals surface area contributed by atoms with Crippen LogP contribution < -0.4 is 10.6 Å². The summed E-state index contributed by atoms with van der Waals surface area (Å²) in [6.07, 6.45) is 0.0715. The number of hydrogen-bond acceptors (Lipinski definition) is 6. The van der Waals surface area contributed by atoms with Crippen LogP contribution in [0.2, 0.25) is 0 Å². The standard InChI is InChI=1S/C16H20N4O4/c1-10(2)15-19-14(24-20-15)9-8-13(21)17-11-4-6-12(7-5-11)18-16(22)23-3/h4-7,10H,8-9H2,1-3H3,(H,17,21)(H,18,22). The summed E-state index contributed by atoms with van der Waals surface area (Å²) >= 11 is 0. The van der Waals surface area contributed by atoms with Crippen LogP contribution in [0, 0.1) is 0 Å². The smallest absolute Gasteiger partial charge is 0.411 e. The summed E-state index contributed by atoms with van der Waals surface area (Å²) < 4.78 is 9.60. The van der Waals surface area contributed by atoms with Crippen molar-refractivity contribution in [2.24, 2.45) is 0 Å². The molecule has 0 fully saturated rings. The van der Waals surface area contributed by atoms with Crippen molar-refractivity contribution in [2.75, 3.05) is 17.7 Å². The number of aryl methyl sites for hydroxylation is 1. The molecule has 128 valence electrons. The number of aromatic nitrogens is 2. The molecule has 0 spiro atoms. The molecule has 24 heavy (non-hydrogen) atoms. The third-order valence-corrected chi connectivity index (χ3v) is 3.17. The fourth-order valence-electron chi connectivity index (χ4n) is 1.85. The highest BCUT2D eigenvalue weighted by Crippen LogP contribution is 2.15. The fraction of sp³-hybridized carbons (Fsp3) is 0.375. The molecule has 2 N–H and O–H groups in total. The highest BCUT2D eigenvalue weighted by Gasteiger charge is 2.11. The predicted octanol–water partition coefficient (Wildman–Crippen LogP) is 2.94. The van der Waals surface area contributed by atoms with Crippen LogP contribution in [0.15, 0.2) is 28.8 Å². The van der Waals surface area contributed by atoms with E-state index in [9.17, 15) is 9.59 Å². The summed E-state index contributed by atoms with van der Waals surface area (Å²) in [4.78, 5) is 27.3. The fourth-order valence-corrected chi connectivity index (χ4v) is 1.85. The maximum absolute atomic E-state index is 11.9. The molecular weight excluding hydrogens is 312 g/mol. The minimum Gasteiger partial charge on any atom is -0.453 e. The molecule has 0 aliphatic carbocycles. The molecule has 0 radical (unpaired) electrons. The Morgan fingerprint density at radius 2 is 1.79 bits per heavy atom. The van der Waals surface area contributed by atoms with Gasteiger partial charge in [-0.05, 0) is 24.3 Å². The van der Waals surface area contributed by atoms with Gasteiger partial charge in [0.15, 0.2) is 5.82 Å². The first-order chi connectivity index (χ1) is 11.5. The highest BCUT2D eigenvalue weighted by molar-refractivity contribution is 5.91. The number of ether oxygens (including phenoxy) is 1. The number of nitrogens with one attached hydrogen (secondary N) is 2. The molecule has 2 rings (SSSR count). The van der Waals surface area contributed by atoms with Gasteiger partial charge in [0.2, 0.25) is 11.8 Å². The number of carbonyl (C=O) groups excluding carboxylic acids is 2. The lowest BCUT2D eigenvalue weighted by Crippen LogP contribution is -2.13. The van der Waals surface area contributed by atoms with Crippen molar-refractivity contribution in [3.8, 4) is 0 Å². The Morgan fingerprint density at radius 1 is 1.17 bits per heavy atom. The molecule has 1 heterocycles. The lowest BCUT2D eigenvalue weighted by atomic mass is 10.2. The van der Waals surface area contributed by atoms with Crippen molar-refractivity contribution >= 4 is 23.4 Å². The summed E-state index contributed by atoms with van der Waals surface area (Å²) in [5.41, 5.74) is 1.20. The van der Waals surface area contributed by atoms with Crippen molar-refractivity contribution in [1.82, 2.24) is 10.1 Å². The summed E-state index contributed by atoms with van der Waals surface area (Å²) in [5, 5.41) is 9.15. The second kappa shape index (κ2) is 8.09. The number of anilines is 2. The van der Waals surface area contributed by atoms with E-state index in [1.165, 1.54) is 7.11 Å². The van der Waals surface area contributed by atoms with E-state index in [0.717, 1.165) is 0 Å². The van der Waals surface area contributed by atoms with Crippen LogP contribution in [0.25, 0.3) is 0 Å². The Kier molecular flexibility index (Phi) is 5.89. The number of carbonyl (C=O) groups is 2. The molecule has 1 aromatic heterocycles. The molecule has 0 unspecified atom stereocenters.